The van der Waals surface area contributed by atoms with Crippen molar-refractivity contribution in [2.24, 2.45) is 11.8 Å². The quantitative estimate of drug-likeness (QED) is 0.0835. The number of unbranched alkanes of at least 4 members (excludes halogenated alkanes) is 2. The second kappa shape index (κ2) is 24.7. The minimum Gasteiger partial charge on any atom is -0.481 e. The van der Waals surface area contributed by atoms with Crippen LogP contribution in [0.1, 0.15) is 101 Å². The Kier molecular flexibility index (Phi) is 18.5. The highest BCUT2D eigenvalue weighted by atomic mass is 35.5. The number of carbonyl (C=O) groups excluding carboxylic acids is 2. The third kappa shape index (κ3) is 13.3. The number of anilines is 2. The summed E-state index contributed by atoms with van der Waals surface area (Å²) in [5.41, 5.74) is 8.61. The van der Waals surface area contributed by atoms with E-state index in [2.05, 4.69) is 95.1 Å². The van der Waals surface area contributed by atoms with Gasteiger partial charge in [-0.1, -0.05) is 115 Å². The monoisotopic (exact) mass is 1040 g/mol. The Morgan fingerprint density at radius 1 is 0.634 bits per heavy atom. The average molecular weight is 1040 g/mol. The third-order valence-corrected chi connectivity index (χ3v) is 15.6. The summed E-state index contributed by atoms with van der Waals surface area (Å²) in [5.74, 6) is -2.25. The van der Waals surface area contributed by atoms with Crippen molar-refractivity contribution in [2.45, 2.75) is 86.2 Å². The number of carboxylic acid groups (broad SMARTS) is 2. The Morgan fingerprint density at radius 3 is 1.63 bits per heavy atom. The Morgan fingerprint density at radius 2 is 1.14 bits per heavy atom. The van der Waals surface area contributed by atoms with E-state index in [9.17, 15) is 24.3 Å². The number of aliphatic carboxylic acids is 2. The van der Waals surface area contributed by atoms with Crippen molar-refractivity contribution < 1.29 is 29.4 Å². The first-order valence-corrected chi connectivity index (χ1v) is 26.4. The number of hydrogen-bond acceptors (Lipinski definition) is 12. The van der Waals surface area contributed by atoms with Crippen molar-refractivity contribution in [1.29, 1.82) is 0 Å². The molecule has 6 aromatic rings. The summed E-state index contributed by atoms with van der Waals surface area (Å²) in [6.45, 7) is 15.7. The van der Waals surface area contributed by atoms with Gasteiger partial charge in [0.05, 0.1) is 33.0 Å². The number of carbonyl (C=O) groups is 4. The van der Waals surface area contributed by atoms with E-state index < -0.39 is 11.9 Å². The molecule has 4 heterocycles. The molecule has 2 saturated heterocycles. The van der Waals surface area contributed by atoms with E-state index in [1.165, 1.54) is 33.8 Å². The van der Waals surface area contributed by atoms with E-state index in [-0.39, 0.29) is 23.7 Å². The number of halogens is 2. The zero-order valence-electron chi connectivity index (χ0n) is 40.7. The summed E-state index contributed by atoms with van der Waals surface area (Å²) >= 11 is 15.4. The topological polar surface area (TPSA) is 173 Å². The maximum Gasteiger partial charge on any atom is 0.309 e. The molecule has 2 aliphatic rings. The van der Waals surface area contributed by atoms with Gasteiger partial charge < -0.3 is 10.2 Å². The molecule has 2 aromatic heterocycles. The van der Waals surface area contributed by atoms with Crippen LogP contribution in [-0.2, 0) is 22.7 Å². The van der Waals surface area contributed by atoms with Gasteiger partial charge in [-0.2, -0.15) is 0 Å². The molecule has 2 amide bonds. The van der Waals surface area contributed by atoms with Crippen molar-refractivity contribution in [3.63, 3.8) is 0 Å². The van der Waals surface area contributed by atoms with Crippen molar-refractivity contribution in [1.82, 2.24) is 30.2 Å². The number of aryl methyl sites for hydroxylation is 3. The van der Waals surface area contributed by atoms with Crippen LogP contribution in [0, 0.1) is 32.6 Å². The molecule has 14 nitrogen and oxygen atoms in total. The number of benzene rings is 4. The van der Waals surface area contributed by atoms with Crippen LogP contribution in [0.5, 0.6) is 0 Å². The molecule has 4 aromatic carbocycles. The van der Waals surface area contributed by atoms with Gasteiger partial charge in [0.25, 0.3) is 11.8 Å². The number of carboxylic acids is 2. The highest BCUT2D eigenvalue weighted by Gasteiger charge is 2.33. The van der Waals surface area contributed by atoms with E-state index in [1.807, 2.05) is 12.1 Å². The summed E-state index contributed by atoms with van der Waals surface area (Å²) in [5, 5.41) is 39.4. The molecule has 2 N–H and O–H groups in total. The Bertz CT molecular complexity index is 2820. The molecule has 0 radical (unpaired) electrons. The predicted molar refractivity (Wildman–Crippen MR) is 283 cm³/mol. The van der Waals surface area contributed by atoms with Gasteiger partial charge in [-0.05, 0) is 124 Å². The Labute approximate surface area is 433 Å². The van der Waals surface area contributed by atoms with Gasteiger partial charge in [0.1, 0.15) is 10.0 Å². The molecular formula is C53H60Cl2N8O6S2. The van der Waals surface area contributed by atoms with Gasteiger partial charge in [-0.15, -0.1) is 20.4 Å². The van der Waals surface area contributed by atoms with Crippen molar-refractivity contribution in [3.05, 3.63) is 128 Å². The smallest absolute Gasteiger partial charge is 0.309 e. The van der Waals surface area contributed by atoms with Gasteiger partial charge in [0.2, 0.25) is 10.3 Å². The lowest BCUT2D eigenvalue weighted by molar-refractivity contribution is -0.148. The number of amides is 2. The number of piperidine rings is 1. The van der Waals surface area contributed by atoms with Gasteiger partial charge in [-0.3, -0.25) is 38.8 Å². The van der Waals surface area contributed by atoms with E-state index in [0.29, 0.717) is 70.5 Å². The molecule has 0 spiro atoms. The summed E-state index contributed by atoms with van der Waals surface area (Å²) in [6, 6.07) is 24.6. The molecule has 18 heteroatoms. The summed E-state index contributed by atoms with van der Waals surface area (Å²) in [6.07, 6.45) is 4.98. The van der Waals surface area contributed by atoms with Gasteiger partial charge in [-0.25, -0.2) is 0 Å². The van der Waals surface area contributed by atoms with Crippen LogP contribution >= 0.6 is 45.9 Å². The molecule has 0 saturated carbocycles. The molecule has 8 rings (SSSR count). The average Bonchev–Trinajstić information content (AvgIpc) is 4.03. The number of hydrogen-bond donors (Lipinski definition) is 2. The molecule has 2 aliphatic heterocycles. The normalized spacial score (nSPS) is 14.4. The number of rotatable bonds is 18. The van der Waals surface area contributed by atoms with Crippen LogP contribution in [0.2, 0.25) is 10.0 Å². The Hall–Kier alpha value is -5.62. The summed E-state index contributed by atoms with van der Waals surface area (Å²) < 4.78 is 0. The maximum atomic E-state index is 13.3. The van der Waals surface area contributed by atoms with Crippen LogP contribution in [-0.4, -0.2) is 103 Å². The van der Waals surface area contributed by atoms with E-state index >= 15 is 0 Å². The van der Waals surface area contributed by atoms with Crippen molar-refractivity contribution in [3.8, 4) is 21.1 Å². The summed E-state index contributed by atoms with van der Waals surface area (Å²) in [4.78, 5) is 56.7. The Balaban J connectivity index is 0.000000209. The van der Waals surface area contributed by atoms with Crippen LogP contribution in [0.15, 0.2) is 78.9 Å². The first-order valence-electron chi connectivity index (χ1n) is 24.1. The third-order valence-electron chi connectivity index (χ3n) is 13.0. The van der Waals surface area contributed by atoms with Crippen LogP contribution < -0.4 is 9.80 Å². The lowest BCUT2D eigenvalue weighted by atomic mass is 9.95. The molecule has 0 bridgehead atoms. The fourth-order valence-corrected chi connectivity index (χ4v) is 11.0. The number of nitrogens with zero attached hydrogens (tertiary/aromatic N) is 8. The first-order chi connectivity index (χ1) is 34.1. The SMILES string of the molecule is CCCCN(C(=O)c1ccccc1Cl)c1nnc(-c2cc(C)c(CN3CC(C(=O)O)C3)c(C)c2)s1.CCCCN(C(=O)c1ccccc1Cl)c1nnc(-c2ccc(CN3CCC(C(=O)O)CC3)cc2C)s1. The van der Waals surface area contributed by atoms with Crippen LogP contribution in [0.25, 0.3) is 21.1 Å². The molecule has 374 valence electrons. The lowest BCUT2D eigenvalue weighted by Crippen LogP contribution is -2.49. The zero-order valence-corrected chi connectivity index (χ0v) is 43.9. The van der Waals surface area contributed by atoms with Crippen molar-refractivity contribution in [2.75, 3.05) is 49.1 Å². The second-order valence-electron chi connectivity index (χ2n) is 18.2. The lowest BCUT2D eigenvalue weighted by Gasteiger charge is -2.37. The fraction of sp³-hybridized carbons (Fsp3) is 0.396. The van der Waals surface area contributed by atoms with E-state index in [0.717, 1.165) is 89.7 Å². The highest BCUT2D eigenvalue weighted by Crippen LogP contribution is 2.35. The minimum atomic E-state index is -0.724. The molecule has 2 fully saturated rings. The van der Waals surface area contributed by atoms with Gasteiger partial charge in [0.15, 0.2) is 0 Å². The molecular weight excluding hydrogens is 980 g/mol. The molecule has 0 aliphatic carbocycles. The maximum absolute atomic E-state index is 13.3. The van der Waals surface area contributed by atoms with Crippen molar-refractivity contribution >= 4 is 79.9 Å². The highest BCUT2D eigenvalue weighted by molar-refractivity contribution is 7.19. The predicted octanol–water partition coefficient (Wildman–Crippen LogP) is 11.3. The second-order valence-corrected chi connectivity index (χ2v) is 20.9. The molecule has 0 unspecified atom stereocenters. The van der Waals surface area contributed by atoms with Crippen LogP contribution in [0.3, 0.4) is 0 Å². The largest absolute Gasteiger partial charge is 0.481 e. The van der Waals surface area contributed by atoms with Gasteiger partial charge in [0, 0.05) is 50.4 Å². The zero-order chi connectivity index (χ0) is 50.8. The van der Waals surface area contributed by atoms with E-state index in [4.69, 9.17) is 28.3 Å². The first kappa shape index (κ1) is 53.2. The molecule has 71 heavy (non-hydrogen) atoms. The minimum absolute atomic E-state index is 0.171. The standard InChI is InChI=1S/C27H31ClN4O3S.C26H29ClN4O3S/c1-3-4-13-32(25(33)22-7-5-6-8-23(22)28)27-30-29-24(36-27)21-10-9-19(16-18(21)2)17-31-14-11-20(12-15-31)26(34)35;1-4-5-10-31(24(32)20-8-6-7-9-22(20)27)26-29-28-23(35-26)18-11-16(2)21(17(3)12-18)15-30-13-19(14-30)25(33)34/h5-10,16,20H,3-4,11-15,17H2,1-2H3,(H,34,35);6-9,11-12,19H,4-5,10,13-15H2,1-3H3,(H,33,34). The van der Waals surface area contributed by atoms with Gasteiger partial charge >= 0.3 is 11.9 Å². The number of aromatic nitrogens is 4. The number of likely N-dealkylation sites (tertiary alicyclic amines) is 2. The van der Waals surface area contributed by atoms with E-state index in [1.54, 1.807) is 46.2 Å². The summed E-state index contributed by atoms with van der Waals surface area (Å²) in [7, 11) is 0. The van der Waals surface area contributed by atoms with Crippen LogP contribution in [0.4, 0.5) is 10.3 Å². The molecule has 0 atom stereocenters. The fourth-order valence-electron chi connectivity index (χ4n) is 8.74.